The molecule has 1 unspecified atom stereocenters. The van der Waals surface area contributed by atoms with Crippen molar-refractivity contribution in [1.29, 1.82) is 0 Å². The Bertz CT molecular complexity index is 682. The van der Waals surface area contributed by atoms with Crippen LogP contribution in [0.2, 0.25) is 5.02 Å². The van der Waals surface area contributed by atoms with Crippen molar-refractivity contribution < 1.29 is 8.60 Å². The van der Waals surface area contributed by atoms with Crippen molar-refractivity contribution in [2.75, 3.05) is 6.26 Å². The van der Waals surface area contributed by atoms with Crippen molar-refractivity contribution in [1.82, 2.24) is 9.78 Å². The first kappa shape index (κ1) is 14.2. The molecule has 102 valence electrons. The van der Waals surface area contributed by atoms with Crippen LogP contribution < -0.4 is 0 Å². The fraction of sp³-hybridized carbons (Fsp3) is 0.308. The summed E-state index contributed by atoms with van der Waals surface area (Å²) in [5, 5.41) is 5.26. The van der Waals surface area contributed by atoms with Crippen molar-refractivity contribution in [3.8, 4) is 11.3 Å². The van der Waals surface area contributed by atoms with E-state index in [1.165, 1.54) is 10.7 Å². The van der Waals surface area contributed by atoms with Gasteiger partial charge in [-0.05, 0) is 31.5 Å². The molecule has 0 spiro atoms. The monoisotopic (exact) mass is 300 g/mol. The molecule has 1 atom stereocenters. The number of halogens is 2. The molecule has 0 saturated heterocycles. The van der Waals surface area contributed by atoms with Gasteiger partial charge in [-0.25, -0.2) is 4.39 Å². The maximum absolute atomic E-state index is 14.0. The average Bonchev–Trinajstić information content (AvgIpc) is 2.59. The normalized spacial score (nSPS) is 12.7. The molecular formula is C13H14ClFN2OS. The molecule has 0 amide bonds. The lowest BCUT2D eigenvalue weighted by atomic mass is 10.1. The van der Waals surface area contributed by atoms with Crippen molar-refractivity contribution >= 4 is 22.4 Å². The van der Waals surface area contributed by atoms with E-state index in [2.05, 4.69) is 5.10 Å². The minimum atomic E-state index is -1.17. The Kier molecular flexibility index (Phi) is 3.78. The van der Waals surface area contributed by atoms with E-state index in [1.807, 2.05) is 6.92 Å². The topological polar surface area (TPSA) is 34.9 Å². The molecule has 2 rings (SSSR count). The van der Waals surface area contributed by atoms with E-state index in [9.17, 15) is 8.60 Å². The Morgan fingerprint density at radius 2 is 2.00 bits per heavy atom. The van der Waals surface area contributed by atoms with E-state index in [1.54, 1.807) is 26.3 Å². The third-order valence-corrected chi connectivity index (χ3v) is 4.52. The number of rotatable bonds is 2. The number of hydrogen-bond donors (Lipinski definition) is 0. The second-order valence-corrected chi connectivity index (χ2v) is 6.14. The predicted octanol–water partition coefficient (Wildman–Crippen LogP) is 3.23. The summed E-state index contributed by atoms with van der Waals surface area (Å²) in [5.41, 5.74) is 2.39. The molecule has 0 N–H and O–H groups in total. The summed E-state index contributed by atoms with van der Waals surface area (Å²) in [6.07, 6.45) is 1.58. The molecule has 0 aliphatic heterocycles. The zero-order valence-corrected chi connectivity index (χ0v) is 12.7. The van der Waals surface area contributed by atoms with Crippen molar-refractivity contribution in [2.45, 2.75) is 18.9 Å². The molecule has 0 saturated carbocycles. The minimum absolute atomic E-state index is 0.381. The van der Waals surface area contributed by atoms with E-state index in [0.29, 0.717) is 21.3 Å². The second kappa shape index (κ2) is 5.06. The van der Waals surface area contributed by atoms with Gasteiger partial charge in [0.25, 0.3) is 0 Å². The van der Waals surface area contributed by atoms with Crippen LogP contribution in [0.1, 0.15) is 11.1 Å². The second-order valence-electron chi connectivity index (χ2n) is 4.44. The van der Waals surface area contributed by atoms with E-state index in [0.717, 1.165) is 11.1 Å². The Morgan fingerprint density at radius 3 is 2.53 bits per heavy atom. The molecule has 19 heavy (non-hydrogen) atoms. The summed E-state index contributed by atoms with van der Waals surface area (Å²) < 4.78 is 27.2. The molecule has 0 bridgehead atoms. The fourth-order valence-electron chi connectivity index (χ4n) is 2.11. The van der Waals surface area contributed by atoms with Gasteiger partial charge in [-0.2, -0.15) is 5.10 Å². The van der Waals surface area contributed by atoms with Crippen LogP contribution in [0.5, 0.6) is 0 Å². The zero-order chi connectivity index (χ0) is 14.3. The highest BCUT2D eigenvalue weighted by Gasteiger charge is 2.19. The summed E-state index contributed by atoms with van der Waals surface area (Å²) >= 11 is 5.89. The molecule has 0 radical (unpaired) electrons. The van der Waals surface area contributed by atoms with Crippen LogP contribution in [0.3, 0.4) is 0 Å². The van der Waals surface area contributed by atoms with Gasteiger partial charge in [-0.1, -0.05) is 11.6 Å². The highest BCUT2D eigenvalue weighted by atomic mass is 35.5. The number of benzene rings is 1. The van der Waals surface area contributed by atoms with Crippen LogP contribution in [0.25, 0.3) is 11.3 Å². The zero-order valence-electron chi connectivity index (χ0n) is 11.1. The van der Waals surface area contributed by atoms with Crippen LogP contribution in [0.4, 0.5) is 4.39 Å². The highest BCUT2D eigenvalue weighted by molar-refractivity contribution is 7.84. The molecule has 1 heterocycles. The van der Waals surface area contributed by atoms with Gasteiger partial charge in [-0.3, -0.25) is 8.89 Å². The summed E-state index contributed by atoms with van der Waals surface area (Å²) in [6, 6.07) is 2.94. The first-order valence-electron chi connectivity index (χ1n) is 5.66. The number of aryl methyl sites for hydroxylation is 2. The molecule has 6 heteroatoms. The first-order chi connectivity index (χ1) is 8.82. The van der Waals surface area contributed by atoms with E-state index < -0.39 is 16.6 Å². The Balaban J connectivity index is 2.70. The van der Waals surface area contributed by atoms with Gasteiger partial charge >= 0.3 is 0 Å². The average molecular weight is 301 g/mol. The minimum Gasteiger partial charge on any atom is -0.259 e. The van der Waals surface area contributed by atoms with Crippen molar-refractivity contribution in [2.24, 2.45) is 7.05 Å². The Morgan fingerprint density at radius 1 is 1.37 bits per heavy atom. The molecule has 3 nitrogen and oxygen atoms in total. The molecule has 0 aliphatic rings. The molecule has 0 aliphatic carbocycles. The van der Waals surface area contributed by atoms with Crippen LogP contribution in [-0.2, 0) is 17.8 Å². The van der Waals surface area contributed by atoms with Gasteiger partial charge in [0, 0.05) is 29.5 Å². The smallest absolute Gasteiger partial charge is 0.134 e. The number of hydrogen-bond acceptors (Lipinski definition) is 2. The van der Waals surface area contributed by atoms with Gasteiger partial charge in [0.2, 0.25) is 0 Å². The fourth-order valence-corrected chi connectivity index (χ4v) is 3.20. The lowest BCUT2D eigenvalue weighted by Crippen LogP contribution is -2.00. The molecule has 1 aromatic heterocycles. The molecule has 1 aromatic carbocycles. The lowest BCUT2D eigenvalue weighted by Gasteiger charge is -2.05. The number of nitrogens with zero attached hydrogens (tertiary/aromatic N) is 2. The highest BCUT2D eigenvalue weighted by Crippen LogP contribution is 2.31. The van der Waals surface area contributed by atoms with Crippen LogP contribution in [-0.4, -0.2) is 20.2 Å². The third kappa shape index (κ3) is 2.44. The lowest BCUT2D eigenvalue weighted by molar-refractivity contribution is 0.628. The SMILES string of the molecule is Cc1cc(-c2nn(C)c(S(C)=O)c2C)c(F)cc1Cl. The third-order valence-electron chi connectivity index (χ3n) is 3.00. The number of aromatic nitrogens is 2. The largest absolute Gasteiger partial charge is 0.259 e. The van der Waals surface area contributed by atoms with E-state index in [-0.39, 0.29) is 0 Å². The van der Waals surface area contributed by atoms with Crippen molar-refractivity contribution in [3.05, 3.63) is 34.1 Å². The predicted molar refractivity (Wildman–Crippen MR) is 75.4 cm³/mol. The van der Waals surface area contributed by atoms with Gasteiger partial charge in [-0.15, -0.1) is 0 Å². The molecular weight excluding hydrogens is 287 g/mol. The maximum Gasteiger partial charge on any atom is 0.134 e. The van der Waals surface area contributed by atoms with Gasteiger partial charge in [0.1, 0.15) is 10.8 Å². The summed E-state index contributed by atoms with van der Waals surface area (Å²) in [4.78, 5) is 0. The molecule has 0 fully saturated rings. The summed E-state index contributed by atoms with van der Waals surface area (Å²) in [6.45, 7) is 3.60. The standard InChI is InChI=1S/C13H14ClFN2OS/c1-7-5-9(11(15)6-10(7)14)12-8(2)13(19(4)18)17(3)16-12/h5-6H,1-4H3. The van der Waals surface area contributed by atoms with E-state index in [4.69, 9.17) is 11.6 Å². The summed E-state index contributed by atoms with van der Waals surface area (Å²) in [7, 11) is 0.533. The quantitative estimate of drug-likeness (QED) is 0.853. The van der Waals surface area contributed by atoms with Crippen molar-refractivity contribution in [3.63, 3.8) is 0 Å². The van der Waals surface area contributed by atoms with Gasteiger partial charge < -0.3 is 0 Å². The van der Waals surface area contributed by atoms with Gasteiger partial charge in [0.15, 0.2) is 0 Å². The molecule has 2 aromatic rings. The Labute approximate surface area is 118 Å². The summed E-state index contributed by atoms with van der Waals surface area (Å²) in [5.74, 6) is -0.426. The first-order valence-corrected chi connectivity index (χ1v) is 7.59. The van der Waals surface area contributed by atoms with Crippen LogP contribution >= 0.6 is 11.6 Å². The van der Waals surface area contributed by atoms with Crippen LogP contribution in [0, 0.1) is 19.7 Å². The Hall–Kier alpha value is -1.20. The van der Waals surface area contributed by atoms with Crippen LogP contribution in [0.15, 0.2) is 17.2 Å². The maximum atomic E-state index is 14.0. The van der Waals surface area contributed by atoms with E-state index >= 15 is 0 Å². The van der Waals surface area contributed by atoms with Gasteiger partial charge in [0.05, 0.1) is 16.5 Å².